The molecule has 0 radical (unpaired) electrons. The highest BCUT2D eigenvalue weighted by Crippen LogP contribution is 2.32. The summed E-state index contributed by atoms with van der Waals surface area (Å²) in [4.78, 5) is 33.8. The van der Waals surface area contributed by atoms with Gasteiger partial charge in [0.1, 0.15) is 5.54 Å². The Bertz CT molecular complexity index is 974. The Morgan fingerprint density at radius 1 is 1.25 bits per heavy atom. The van der Waals surface area contributed by atoms with Crippen molar-refractivity contribution >= 4 is 34.6 Å². The number of hydrogen-bond acceptors (Lipinski definition) is 4. The third kappa shape index (κ3) is 4.41. The zero-order chi connectivity index (χ0) is 22.7. The van der Waals surface area contributed by atoms with Crippen molar-refractivity contribution in [2.45, 2.75) is 77.4 Å². The highest BCUT2D eigenvalue weighted by atomic mass is 32.2. The molecule has 0 saturated heterocycles. The number of aromatic nitrogens is 2. The summed E-state index contributed by atoms with van der Waals surface area (Å²) in [7, 11) is 0. The first-order valence-corrected chi connectivity index (χ1v) is 13.3. The van der Waals surface area contributed by atoms with Gasteiger partial charge in [-0.1, -0.05) is 38.8 Å². The van der Waals surface area contributed by atoms with Crippen LogP contribution in [0.5, 0.6) is 0 Å². The number of nitrogens with one attached hydrogen (secondary N) is 1. The van der Waals surface area contributed by atoms with Crippen molar-refractivity contribution in [3.63, 3.8) is 0 Å². The molecule has 7 heteroatoms. The molecule has 1 aromatic heterocycles. The van der Waals surface area contributed by atoms with Crippen molar-refractivity contribution in [1.29, 1.82) is 0 Å². The second-order valence-corrected chi connectivity index (χ2v) is 10.8. The Labute approximate surface area is 195 Å². The van der Waals surface area contributed by atoms with E-state index in [0.717, 1.165) is 54.6 Å². The molecule has 1 aliphatic carbocycles. The number of imidazole rings is 1. The summed E-state index contributed by atoms with van der Waals surface area (Å²) in [5.41, 5.74) is 0.791. The summed E-state index contributed by atoms with van der Waals surface area (Å²) < 4.78 is 1.95. The molecule has 2 amide bonds. The molecule has 1 N–H and O–H groups in total. The lowest BCUT2D eigenvalue weighted by Gasteiger charge is -2.44. The molecule has 1 fully saturated rings. The first-order chi connectivity index (χ1) is 15.5. The van der Waals surface area contributed by atoms with Crippen LogP contribution >= 0.6 is 11.8 Å². The van der Waals surface area contributed by atoms with Gasteiger partial charge in [-0.25, -0.2) is 4.98 Å². The summed E-state index contributed by atoms with van der Waals surface area (Å²) in [5, 5.41) is 3.34. The minimum atomic E-state index is -0.930. The zero-order valence-electron chi connectivity index (χ0n) is 19.6. The monoisotopic (exact) mass is 456 g/mol. The number of para-hydroxylation sites is 2. The molecule has 2 aromatic rings. The quantitative estimate of drug-likeness (QED) is 0.595. The maximum absolute atomic E-state index is 13.7. The van der Waals surface area contributed by atoms with Gasteiger partial charge in [0.05, 0.1) is 17.6 Å². The first kappa shape index (κ1) is 23.1. The van der Waals surface area contributed by atoms with E-state index in [2.05, 4.69) is 24.1 Å². The number of thioether (sulfide) groups is 1. The van der Waals surface area contributed by atoms with Crippen molar-refractivity contribution < 1.29 is 9.59 Å². The van der Waals surface area contributed by atoms with Crippen LogP contribution in [0.1, 0.15) is 69.9 Å². The fourth-order valence-corrected chi connectivity index (χ4v) is 5.93. The van der Waals surface area contributed by atoms with Gasteiger partial charge in [-0.15, -0.1) is 0 Å². The fraction of sp³-hybridized carbons (Fsp3) is 0.640. The average Bonchev–Trinajstić information content (AvgIpc) is 3.15. The van der Waals surface area contributed by atoms with Crippen LogP contribution in [-0.4, -0.2) is 55.9 Å². The van der Waals surface area contributed by atoms with Crippen molar-refractivity contribution in [3.8, 4) is 0 Å². The average molecular weight is 457 g/mol. The summed E-state index contributed by atoms with van der Waals surface area (Å²) >= 11 is 1.91. The van der Waals surface area contributed by atoms with Crippen LogP contribution in [0.3, 0.4) is 0 Å². The standard InChI is InChI=1S/C25H36N4O2S/c1-4-15-32-16-9-14-29-23(30)22-26-20-12-7-8-13-21(20)28(22)17-25(29,3)24(31)27-19-11-6-5-10-18(19)2/h7-8,12-13,18-19H,4-6,9-11,14-17H2,1-3H3,(H,27,31). The van der Waals surface area contributed by atoms with E-state index in [1.54, 1.807) is 4.90 Å². The van der Waals surface area contributed by atoms with Gasteiger partial charge in [0, 0.05) is 12.6 Å². The van der Waals surface area contributed by atoms with Gasteiger partial charge in [-0.3, -0.25) is 9.59 Å². The molecule has 2 aliphatic rings. The fourth-order valence-electron chi connectivity index (χ4n) is 5.11. The number of benzene rings is 1. The van der Waals surface area contributed by atoms with E-state index in [1.165, 1.54) is 6.42 Å². The zero-order valence-corrected chi connectivity index (χ0v) is 20.4. The van der Waals surface area contributed by atoms with Gasteiger partial charge >= 0.3 is 0 Å². The lowest BCUT2D eigenvalue weighted by atomic mass is 9.85. The molecular formula is C25H36N4O2S. The van der Waals surface area contributed by atoms with E-state index in [-0.39, 0.29) is 17.9 Å². The van der Waals surface area contributed by atoms with E-state index in [4.69, 9.17) is 0 Å². The van der Waals surface area contributed by atoms with Crippen LogP contribution in [0, 0.1) is 5.92 Å². The molecule has 1 saturated carbocycles. The lowest BCUT2D eigenvalue weighted by Crippen LogP contribution is -2.65. The third-order valence-electron chi connectivity index (χ3n) is 7.09. The van der Waals surface area contributed by atoms with Crippen LogP contribution in [0.15, 0.2) is 24.3 Å². The number of nitrogens with zero attached hydrogens (tertiary/aromatic N) is 3. The molecule has 0 spiro atoms. The minimum absolute atomic E-state index is 0.0331. The Hall–Kier alpha value is -2.02. The smallest absolute Gasteiger partial charge is 0.290 e. The number of amides is 2. The van der Waals surface area contributed by atoms with Crippen LogP contribution < -0.4 is 5.32 Å². The summed E-state index contributed by atoms with van der Waals surface area (Å²) in [6.45, 7) is 7.35. The highest BCUT2D eigenvalue weighted by molar-refractivity contribution is 7.99. The van der Waals surface area contributed by atoms with E-state index in [0.29, 0.717) is 24.8 Å². The lowest BCUT2D eigenvalue weighted by molar-refractivity contribution is -0.134. The van der Waals surface area contributed by atoms with Crippen molar-refractivity contribution in [3.05, 3.63) is 30.1 Å². The second kappa shape index (κ2) is 9.86. The summed E-state index contributed by atoms with van der Waals surface area (Å²) in [5.74, 6) is 2.87. The van der Waals surface area contributed by atoms with Gasteiger partial charge in [0.25, 0.3) is 5.91 Å². The molecule has 3 unspecified atom stereocenters. The molecular weight excluding hydrogens is 420 g/mol. The normalized spacial score (nSPS) is 25.7. The molecule has 174 valence electrons. The van der Waals surface area contributed by atoms with Gasteiger partial charge in [0.2, 0.25) is 5.91 Å². The molecule has 1 aliphatic heterocycles. The molecule has 3 atom stereocenters. The second-order valence-electron chi connectivity index (χ2n) is 9.55. The largest absolute Gasteiger partial charge is 0.351 e. The van der Waals surface area contributed by atoms with Gasteiger partial charge in [-0.05, 0) is 62.2 Å². The first-order valence-electron chi connectivity index (χ1n) is 12.1. The van der Waals surface area contributed by atoms with Crippen molar-refractivity contribution in [2.75, 3.05) is 18.1 Å². The van der Waals surface area contributed by atoms with Crippen LogP contribution in [-0.2, 0) is 11.3 Å². The topological polar surface area (TPSA) is 67.2 Å². The molecule has 6 nitrogen and oxygen atoms in total. The highest BCUT2D eigenvalue weighted by Gasteiger charge is 2.48. The predicted molar refractivity (Wildman–Crippen MR) is 131 cm³/mol. The number of hydrogen-bond donors (Lipinski definition) is 1. The van der Waals surface area contributed by atoms with Crippen molar-refractivity contribution in [1.82, 2.24) is 19.8 Å². The maximum Gasteiger partial charge on any atom is 0.290 e. The third-order valence-corrected chi connectivity index (χ3v) is 8.36. The Morgan fingerprint density at radius 2 is 2.03 bits per heavy atom. The minimum Gasteiger partial charge on any atom is -0.351 e. The summed E-state index contributed by atoms with van der Waals surface area (Å²) in [6, 6.07) is 8.00. The molecule has 32 heavy (non-hydrogen) atoms. The van der Waals surface area contributed by atoms with E-state index >= 15 is 0 Å². The van der Waals surface area contributed by atoms with Crippen LogP contribution in [0.4, 0.5) is 0 Å². The van der Waals surface area contributed by atoms with Crippen LogP contribution in [0.2, 0.25) is 0 Å². The number of rotatable bonds is 8. The Balaban J connectivity index is 1.62. The van der Waals surface area contributed by atoms with Gasteiger partial charge in [-0.2, -0.15) is 11.8 Å². The SMILES string of the molecule is CCCSCCCN1C(=O)c2nc3ccccc3n2CC1(C)C(=O)NC1CCCCC1C. The van der Waals surface area contributed by atoms with Gasteiger partial charge < -0.3 is 14.8 Å². The Morgan fingerprint density at radius 3 is 2.81 bits per heavy atom. The van der Waals surface area contributed by atoms with Gasteiger partial charge in [0.15, 0.2) is 5.82 Å². The summed E-state index contributed by atoms with van der Waals surface area (Å²) in [6.07, 6.45) is 6.57. The maximum atomic E-state index is 13.7. The van der Waals surface area contributed by atoms with Crippen molar-refractivity contribution in [2.24, 2.45) is 5.92 Å². The number of carbonyl (C=O) groups excluding carboxylic acids is 2. The predicted octanol–water partition coefficient (Wildman–Crippen LogP) is 4.48. The molecule has 0 bridgehead atoms. The van der Waals surface area contributed by atoms with E-state index in [9.17, 15) is 9.59 Å². The Kier molecular flexibility index (Phi) is 7.13. The molecule has 4 rings (SSSR count). The van der Waals surface area contributed by atoms with E-state index < -0.39 is 5.54 Å². The van der Waals surface area contributed by atoms with Crippen LogP contribution in [0.25, 0.3) is 11.0 Å². The number of carbonyl (C=O) groups is 2. The van der Waals surface area contributed by atoms with E-state index in [1.807, 2.05) is 47.5 Å². The number of fused-ring (bicyclic) bond motifs is 3. The molecule has 2 heterocycles. The molecule has 1 aromatic carbocycles.